The fourth-order valence-corrected chi connectivity index (χ4v) is 2.03. The van der Waals surface area contributed by atoms with E-state index in [2.05, 4.69) is 10.1 Å². The van der Waals surface area contributed by atoms with Crippen LogP contribution in [-0.2, 0) is 6.54 Å². The first-order valence-corrected chi connectivity index (χ1v) is 6.57. The maximum absolute atomic E-state index is 5.64. The molecule has 0 amide bonds. The van der Waals surface area contributed by atoms with Gasteiger partial charge in [0.1, 0.15) is 5.75 Å². The van der Waals surface area contributed by atoms with Crippen LogP contribution in [0.15, 0.2) is 53.1 Å². The monoisotopic (exact) mass is 281 g/mol. The Morgan fingerprint density at radius 2 is 1.90 bits per heavy atom. The van der Waals surface area contributed by atoms with Gasteiger partial charge in [0.05, 0.1) is 7.11 Å². The average molecular weight is 281 g/mol. The number of aromatic nitrogens is 2. The summed E-state index contributed by atoms with van der Waals surface area (Å²) in [6, 6.07) is 15.3. The molecular weight excluding hydrogens is 266 g/mol. The lowest BCUT2D eigenvalue weighted by Crippen LogP contribution is -1.95. The maximum Gasteiger partial charge on any atom is 0.258 e. The Balaban J connectivity index is 1.91. The van der Waals surface area contributed by atoms with Crippen molar-refractivity contribution in [1.82, 2.24) is 10.1 Å². The van der Waals surface area contributed by atoms with Crippen molar-refractivity contribution in [2.24, 2.45) is 5.73 Å². The van der Waals surface area contributed by atoms with Crippen LogP contribution in [0.4, 0.5) is 0 Å². The average Bonchev–Trinajstić information content (AvgIpc) is 3.05. The molecule has 1 heterocycles. The lowest BCUT2D eigenvalue weighted by molar-refractivity contribution is 0.415. The number of methoxy groups -OCH3 is 1. The van der Waals surface area contributed by atoms with Crippen LogP contribution < -0.4 is 10.5 Å². The van der Waals surface area contributed by atoms with Gasteiger partial charge in [-0.3, -0.25) is 0 Å². The largest absolute Gasteiger partial charge is 0.497 e. The Labute approximate surface area is 122 Å². The summed E-state index contributed by atoms with van der Waals surface area (Å²) >= 11 is 0. The number of nitrogens with two attached hydrogens (primary N) is 1. The van der Waals surface area contributed by atoms with Crippen LogP contribution in [0.5, 0.6) is 5.75 Å². The lowest BCUT2D eigenvalue weighted by Gasteiger charge is -1.99. The van der Waals surface area contributed by atoms with Gasteiger partial charge in [0, 0.05) is 17.7 Å². The van der Waals surface area contributed by atoms with Crippen LogP contribution in [0.3, 0.4) is 0 Å². The molecule has 2 N–H and O–H groups in total. The third-order valence-electron chi connectivity index (χ3n) is 3.18. The molecule has 106 valence electrons. The number of hydrogen-bond acceptors (Lipinski definition) is 5. The minimum absolute atomic E-state index is 0.479. The summed E-state index contributed by atoms with van der Waals surface area (Å²) in [7, 11) is 1.63. The second-order valence-corrected chi connectivity index (χ2v) is 4.56. The zero-order chi connectivity index (χ0) is 14.7. The first-order chi connectivity index (χ1) is 10.3. The van der Waals surface area contributed by atoms with Gasteiger partial charge in [-0.05, 0) is 42.0 Å². The SMILES string of the molecule is COc1ccc(-c2noc(-c3cccc(CN)c3)n2)cc1. The summed E-state index contributed by atoms with van der Waals surface area (Å²) in [4.78, 5) is 4.42. The van der Waals surface area contributed by atoms with Crippen molar-refractivity contribution >= 4 is 0 Å². The van der Waals surface area contributed by atoms with Gasteiger partial charge in [-0.15, -0.1) is 0 Å². The molecule has 0 aliphatic heterocycles. The van der Waals surface area contributed by atoms with E-state index in [0.717, 1.165) is 22.4 Å². The van der Waals surface area contributed by atoms with Gasteiger partial charge >= 0.3 is 0 Å². The minimum atomic E-state index is 0.479. The van der Waals surface area contributed by atoms with Crippen molar-refractivity contribution < 1.29 is 9.26 Å². The fraction of sp³-hybridized carbons (Fsp3) is 0.125. The summed E-state index contributed by atoms with van der Waals surface area (Å²) in [5, 5.41) is 4.02. The van der Waals surface area contributed by atoms with Gasteiger partial charge in [0.25, 0.3) is 5.89 Å². The molecule has 5 heteroatoms. The number of rotatable bonds is 4. The first kappa shape index (κ1) is 13.3. The Morgan fingerprint density at radius 1 is 1.10 bits per heavy atom. The molecule has 0 saturated carbocycles. The van der Waals surface area contributed by atoms with Crippen molar-refractivity contribution in [2.75, 3.05) is 7.11 Å². The minimum Gasteiger partial charge on any atom is -0.497 e. The van der Waals surface area contributed by atoms with E-state index >= 15 is 0 Å². The fourth-order valence-electron chi connectivity index (χ4n) is 2.03. The molecule has 3 rings (SSSR count). The maximum atomic E-state index is 5.64. The van der Waals surface area contributed by atoms with Crippen LogP contribution in [0.1, 0.15) is 5.56 Å². The number of nitrogens with zero attached hydrogens (tertiary/aromatic N) is 2. The van der Waals surface area contributed by atoms with Crippen molar-refractivity contribution in [3.05, 3.63) is 54.1 Å². The van der Waals surface area contributed by atoms with E-state index in [1.807, 2.05) is 48.5 Å². The second kappa shape index (κ2) is 5.76. The van der Waals surface area contributed by atoms with Crippen molar-refractivity contribution in [2.45, 2.75) is 6.54 Å². The Kier molecular flexibility index (Phi) is 3.66. The molecular formula is C16H15N3O2. The van der Waals surface area contributed by atoms with Crippen molar-refractivity contribution in [3.8, 4) is 28.6 Å². The number of benzene rings is 2. The van der Waals surface area contributed by atoms with Gasteiger partial charge in [-0.25, -0.2) is 0 Å². The molecule has 0 saturated heterocycles. The second-order valence-electron chi connectivity index (χ2n) is 4.56. The van der Waals surface area contributed by atoms with Crippen LogP contribution in [0.2, 0.25) is 0 Å². The highest BCUT2D eigenvalue weighted by Crippen LogP contribution is 2.24. The summed E-state index contributed by atoms with van der Waals surface area (Å²) in [6.07, 6.45) is 0. The Hall–Kier alpha value is -2.66. The zero-order valence-electron chi connectivity index (χ0n) is 11.6. The normalized spacial score (nSPS) is 10.6. The molecule has 3 aromatic rings. The highest BCUT2D eigenvalue weighted by atomic mass is 16.5. The molecule has 0 atom stereocenters. The van der Waals surface area contributed by atoms with E-state index in [-0.39, 0.29) is 0 Å². The molecule has 0 aliphatic carbocycles. The molecule has 21 heavy (non-hydrogen) atoms. The third-order valence-corrected chi connectivity index (χ3v) is 3.18. The molecule has 0 radical (unpaired) electrons. The van der Waals surface area contributed by atoms with Crippen LogP contribution in [-0.4, -0.2) is 17.3 Å². The van der Waals surface area contributed by atoms with Gasteiger partial charge < -0.3 is 15.0 Å². The topological polar surface area (TPSA) is 74.2 Å². The highest BCUT2D eigenvalue weighted by Gasteiger charge is 2.10. The highest BCUT2D eigenvalue weighted by molar-refractivity contribution is 5.60. The summed E-state index contributed by atoms with van der Waals surface area (Å²) in [5.41, 5.74) is 8.41. The van der Waals surface area contributed by atoms with Gasteiger partial charge in [0.15, 0.2) is 0 Å². The molecule has 1 aromatic heterocycles. The quantitative estimate of drug-likeness (QED) is 0.796. The predicted octanol–water partition coefficient (Wildman–Crippen LogP) is 2.87. The number of ether oxygens (including phenoxy) is 1. The molecule has 0 spiro atoms. The molecule has 5 nitrogen and oxygen atoms in total. The number of hydrogen-bond donors (Lipinski definition) is 1. The van der Waals surface area contributed by atoms with Gasteiger partial charge in [-0.1, -0.05) is 17.3 Å². The van der Waals surface area contributed by atoms with E-state index in [0.29, 0.717) is 18.3 Å². The van der Waals surface area contributed by atoms with Gasteiger partial charge in [0.2, 0.25) is 5.82 Å². The van der Waals surface area contributed by atoms with Gasteiger partial charge in [-0.2, -0.15) is 4.98 Å². The molecule has 0 fully saturated rings. The van der Waals surface area contributed by atoms with Crippen LogP contribution in [0, 0.1) is 0 Å². The molecule has 0 unspecified atom stereocenters. The van der Waals surface area contributed by atoms with Crippen LogP contribution in [0.25, 0.3) is 22.8 Å². The smallest absolute Gasteiger partial charge is 0.258 e. The summed E-state index contributed by atoms with van der Waals surface area (Å²) in [5.74, 6) is 1.82. The molecule has 0 bridgehead atoms. The first-order valence-electron chi connectivity index (χ1n) is 6.57. The standard InChI is InChI=1S/C16H15N3O2/c1-20-14-7-5-12(6-8-14)15-18-16(21-19-15)13-4-2-3-11(9-13)10-17/h2-9H,10,17H2,1H3. The lowest BCUT2D eigenvalue weighted by atomic mass is 10.1. The van der Waals surface area contributed by atoms with E-state index in [1.165, 1.54) is 0 Å². The summed E-state index contributed by atoms with van der Waals surface area (Å²) < 4.78 is 10.5. The van der Waals surface area contributed by atoms with E-state index in [9.17, 15) is 0 Å². The summed E-state index contributed by atoms with van der Waals surface area (Å²) in [6.45, 7) is 0.479. The molecule has 0 aliphatic rings. The Morgan fingerprint density at radius 3 is 2.62 bits per heavy atom. The Bertz CT molecular complexity index is 735. The van der Waals surface area contributed by atoms with E-state index in [4.69, 9.17) is 15.0 Å². The van der Waals surface area contributed by atoms with E-state index in [1.54, 1.807) is 7.11 Å². The predicted molar refractivity (Wildman–Crippen MR) is 79.6 cm³/mol. The third kappa shape index (κ3) is 2.78. The van der Waals surface area contributed by atoms with Crippen molar-refractivity contribution in [3.63, 3.8) is 0 Å². The van der Waals surface area contributed by atoms with Crippen molar-refractivity contribution in [1.29, 1.82) is 0 Å². The molecule has 2 aromatic carbocycles. The van der Waals surface area contributed by atoms with Crippen LogP contribution >= 0.6 is 0 Å². The zero-order valence-corrected chi connectivity index (χ0v) is 11.6. The van der Waals surface area contributed by atoms with E-state index < -0.39 is 0 Å².